The first-order chi connectivity index (χ1) is 8.87. The molecule has 2 aromatic rings. The van der Waals surface area contributed by atoms with Crippen LogP contribution >= 0.6 is 15.9 Å². The summed E-state index contributed by atoms with van der Waals surface area (Å²) in [6, 6.07) is 8.04. The SMILES string of the molecule is NC(c1ccc(Br)o1)c1ccccc1OC(F)(F)F. The lowest BCUT2D eigenvalue weighted by atomic mass is 10.0. The van der Waals surface area contributed by atoms with Gasteiger partial charge in [0, 0.05) is 5.56 Å². The third kappa shape index (κ3) is 3.51. The fourth-order valence-corrected chi connectivity index (χ4v) is 1.92. The van der Waals surface area contributed by atoms with Crippen LogP contribution in [0.5, 0.6) is 5.75 Å². The van der Waals surface area contributed by atoms with Crippen molar-refractivity contribution in [3.05, 3.63) is 52.4 Å². The molecule has 1 heterocycles. The van der Waals surface area contributed by atoms with E-state index < -0.39 is 12.4 Å². The van der Waals surface area contributed by atoms with E-state index in [0.717, 1.165) is 0 Å². The maximum atomic E-state index is 12.3. The van der Waals surface area contributed by atoms with Gasteiger partial charge in [-0.1, -0.05) is 18.2 Å². The molecule has 0 saturated carbocycles. The predicted molar refractivity (Wildman–Crippen MR) is 65.6 cm³/mol. The predicted octanol–water partition coefficient (Wildman–Crippen LogP) is 3.99. The van der Waals surface area contributed by atoms with Crippen LogP contribution in [-0.4, -0.2) is 6.36 Å². The Labute approximate surface area is 115 Å². The average molecular weight is 336 g/mol. The number of halogens is 4. The maximum Gasteiger partial charge on any atom is 0.573 e. The third-order valence-corrected chi connectivity index (χ3v) is 2.81. The van der Waals surface area contributed by atoms with E-state index in [0.29, 0.717) is 10.4 Å². The lowest BCUT2D eigenvalue weighted by Gasteiger charge is -2.16. The van der Waals surface area contributed by atoms with Crippen LogP contribution in [0.15, 0.2) is 45.5 Å². The van der Waals surface area contributed by atoms with Crippen LogP contribution in [0.25, 0.3) is 0 Å². The zero-order chi connectivity index (χ0) is 14.0. The standard InChI is InChI=1S/C12H9BrF3NO2/c13-10-6-5-9(18-10)11(17)7-3-1-2-4-8(7)19-12(14,15)16/h1-6,11H,17H2. The molecule has 2 N–H and O–H groups in total. The Bertz CT molecular complexity index is 568. The van der Waals surface area contributed by atoms with Gasteiger partial charge >= 0.3 is 6.36 Å². The first-order valence-electron chi connectivity index (χ1n) is 5.22. The molecule has 0 fully saturated rings. The fourth-order valence-electron chi connectivity index (χ4n) is 1.60. The minimum atomic E-state index is -4.76. The molecule has 0 radical (unpaired) electrons. The van der Waals surface area contributed by atoms with Gasteiger partial charge in [0.15, 0.2) is 4.67 Å². The number of rotatable bonds is 3. The molecule has 2 rings (SSSR count). The van der Waals surface area contributed by atoms with E-state index >= 15 is 0 Å². The molecule has 102 valence electrons. The van der Waals surface area contributed by atoms with Crippen LogP contribution in [0.4, 0.5) is 13.2 Å². The molecule has 0 aliphatic carbocycles. The van der Waals surface area contributed by atoms with Gasteiger partial charge < -0.3 is 14.9 Å². The van der Waals surface area contributed by atoms with Crippen molar-refractivity contribution in [1.82, 2.24) is 0 Å². The summed E-state index contributed by atoms with van der Waals surface area (Å²) < 4.78 is 46.5. The lowest BCUT2D eigenvalue weighted by molar-refractivity contribution is -0.274. The van der Waals surface area contributed by atoms with Crippen molar-refractivity contribution in [3.8, 4) is 5.75 Å². The van der Waals surface area contributed by atoms with Gasteiger partial charge in [0.25, 0.3) is 0 Å². The number of hydrogen-bond donors (Lipinski definition) is 1. The third-order valence-electron chi connectivity index (χ3n) is 2.38. The number of para-hydroxylation sites is 1. The highest BCUT2D eigenvalue weighted by molar-refractivity contribution is 9.10. The fraction of sp³-hybridized carbons (Fsp3) is 0.167. The van der Waals surface area contributed by atoms with Gasteiger partial charge in [0.1, 0.15) is 11.5 Å². The van der Waals surface area contributed by atoms with Crippen molar-refractivity contribution >= 4 is 15.9 Å². The molecule has 0 saturated heterocycles. The zero-order valence-electron chi connectivity index (χ0n) is 9.45. The van der Waals surface area contributed by atoms with Crippen molar-refractivity contribution in [2.75, 3.05) is 0 Å². The topological polar surface area (TPSA) is 48.4 Å². The molecule has 0 spiro atoms. The van der Waals surface area contributed by atoms with Gasteiger partial charge in [-0.25, -0.2) is 0 Å². The van der Waals surface area contributed by atoms with Gasteiger partial charge in [-0.05, 0) is 34.1 Å². The van der Waals surface area contributed by atoms with Crippen molar-refractivity contribution in [2.24, 2.45) is 5.73 Å². The second kappa shape index (κ2) is 5.26. The number of alkyl halides is 3. The number of ether oxygens (including phenoxy) is 1. The first kappa shape index (κ1) is 14.0. The monoisotopic (exact) mass is 335 g/mol. The Morgan fingerprint density at radius 1 is 1.16 bits per heavy atom. The highest BCUT2D eigenvalue weighted by Crippen LogP contribution is 2.33. The van der Waals surface area contributed by atoms with E-state index in [9.17, 15) is 13.2 Å². The van der Waals surface area contributed by atoms with Crippen LogP contribution in [0.2, 0.25) is 0 Å². The smallest absolute Gasteiger partial charge is 0.452 e. The molecule has 1 atom stereocenters. The lowest BCUT2D eigenvalue weighted by Crippen LogP contribution is -2.20. The van der Waals surface area contributed by atoms with E-state index in [1.807, 2.05) is 0 Å². The van der Waals surface area contributed by atoms with Crippen LogP contribution in [0.1, 0.15) is 17.4 Å². The number of nitrogens with two attached hydrogens (primary N) is 1. The first-order valence-corrected chi connectivity index (χ1v) is 6.01. The summed E-state index contributed by atoms with van der Waals surface area (Å²) in [4.78, 5) is 0. The maximum absolute atomic E-state index is 12.3. The molecule has 0 amide bonds. The molecule has 7 heteroatoms. The summed E-state index contributed by atoms with van der Waals surface area (Å²) in [5.74, 6) is 0.000113. The van der Waals surface area contributed by atoms with Gasteiger partial charge in [-0.3, -0.25) is 0 Å². The molecule has 0 bridgehead atoms. The summed E-state index contributed by atoms with van der Waals surface area (Å²) >= 11 is 3.11. The summed E-state index contributed by atoms with van der Waals surface area (Å²) in [5.41, 5.74) is 6.08. The molecule has 19 heavy (non-hydrogen) atoms. The summed E-state index contributed by atoms with van der Waals surface area (Å²) in [5, 5.41) is 0. The molecule has 1 aromatic carbocycles. The van der Waals surface area contributed by atoms with E-state index in [4.69, 9.17) is 10.2 Å². The van der Waals surface area contributed by atoms with Crippen LogP contribution in [-0.2, 0) is 0 Å². The molecule has 1 aromatic heterocycles. The van der Waals surface area contributed by atoms with Gasteiger partial charge in [0.2, 0.25) is 0 Å². The minimum Gasteiger partial charge on any atom is -0.452 e. The van der Waals surface area contributed by atoms with E-state index in [1.165, 1.54) is 18.2 Å². The minimum absolute atomic E-state index is 0.196. The molecule has 1 unspecified atom stereocenters. The van der Waals surface area contributed by atoms with E-state index in [1.54, 1.807) is 18.2 Å². The quantitative estimate of drug-likeness (QED) is 0.922. The van der Waals surface area contributed by atoms with Crippen LogP contribution in [0, 0.1) is 0 Å². The van der Waals surface area contributed by atoms with Crippen molar-refractivity contribution < 1.29 is 22.3 Å². The Balaban J connectivity index is 2.34. The molecular weight excluding hydrogens is 327 g/mol. The zero-order valence-corrected chi connectivity index (χ0v) is 11.0. The van der Waals surface area contributed by atoms with E-state index in [-0.39, 0.29) is 11.3 Å². The summed E-state index contributed by atoms with van der Waals surface area (Å²) in [6.07, 6.45) is -4.76. The number of hydrogen-bond acceptors (Lipinski definition) is 3. The Hall–Kier alpha value is -1.47. The van der Waals surface area contributed by atoms with E-state index in [2.05, 4.69) is 20.7 Å². The second-order valence-corrected chi connectivity index (χ2v) is 4.49. The molecule has 3 nitrogen and oxygen atoms in total. The van der Waals surface area contributed by atoms with Crippen molar-refractivity contribution in [1.29, 1.82) is 0 Å². The number of benzene rings is 1. The van der Waals surface area contributed by atoms with Gasteiger partial charge in [0.05, 0.1) is 6.04 Å². The summed E-state index contributed by atoms with van der Waals surface area (Å²) in [7, 11) is 0. The number of furan rings is 1. The normalized spacial score (nSPS) is 13.3. The Morgan fingerprint density at radius 3 is 2.42 bits per heavy atom. The van der Waals surface area contributed by atoms with Crippen molar-refractivity contribution in [2.45, 2.75) is 12.4 Å². The highest BCUT2D eigenvalue weighted by Gasteiger charge is 2.33. The van der Waals surface area contributed by atoms with Crippen LogP contribution in [0.3, 0.4) is 0 Å². The average Bonchev–Trinajstić information content (AvgIpc) is 2.74. The molecule has 0 aliphatic rings. The second-order valence-electron chi connectivity index (χ2n) is 3.71. The van der Waals surface area contributed by atoms with Crippen molar-refractivity contribution in [3.63, 3.8) is 0 Å². The highest BCUT2D eigenvalue weighted by atomic mass is 79.9. The van der Waals surface area contributed by atoms with Gasteiger partial charge in [-0.2, -0.15) is 0 Å². The van der Waals surface area contributed by atoms with Gasteiger partial charge in [-0.15, -0.1) is 13.2 Å². The summed E-state index contributed by atoms with van der Waals surface area (Å²) in [6.45, 7) is 0. The Morgan fingerprint density at radius 2 is 1.84 bits per heavy atom. The Kier molecular flexibility index (Phi) is 3.86. The van der Waals surface area contributed by atoms with Crippen LogP contribution < -0.4 is 10.5 Å². The molecule has 0 aliphatic heterocycles. The molecular formula is C12H9BrF3NO2. The largest absolute Gasteiger partial charge is 0.573 e.